The summed E-state index contributed by atoms with van der Waals surface area (Å²) in [6.45, 7) is 4.33. The molecule has 0 aliphatic carbocycles. The third kappa shape index (κ3) is 5.02. The summed E-state index contributed by atoms with van der Waals surface area (Å²) in [5.74, 6) is 1.23. The lowest BCUT2D eigenvalue weighted by molar-refractivity contribution is 0.119. The zero-order valence-corrected chi connectivity index (χ0v) is 18.0. The number of anilines is 2. The molecule has 4 rings (SSSR count). The van der Waals surface area contributed by atoms with Gasteiger partial charge in [0.15, 0.2) is 0 Å². The first-order chi connectivity index (χ1) is 14.9. The quantitative estimate of drug-likeness (QED) is 0.376. The Morgan fingerprint density at radius 1 is 1.06 bits per heavy atom. The van der Waals surface area contributed by atoms with E-state index in [0.29, 0.717) is 17.5 Å². The number of hydrogen-bond acceptors (Lipinski definition) is 6. The van der Waals surface area contributed by atoms with Crippen molar-refractivity contribution in [3.63, 3.8) is 0 Å². The molecule has 0 amide bonds. The molecule has 0 saturated heterocycles. The summed E-state index contributed by atoms with van der Waals surface area (Å²) >= 11 is 6.01. The van der Waals surface area contributed by atoms with E-state index in [2.05, 4.69) is 25.5 Å². The van der Waals surface area contributed by atoms with Crippen LogP contribution in [0.3, 0.4) is 0 Å². The fourth-order valence-electron chi connectivity index (χ4n) is 2.98. The van der Waals surface area contributed by atoms with Crippen LogP contribution in [-0.2, 0) is 0 Å². The van der Waals surface area contributed by atoms with Crippen LogP contribution in [0.4, 0.5) is 11.6 Å². The third-order valence-corrected chi connectivity index (χ3v) is 4.95. The van der Waals surface area contributed by atoms with Crippen molar-refractivity contribution in [1.82, 2.24) is 20.2 Å². The Kier molecular flexibility index (Phi) is 5.88. The van der Waals surface area contributed by atoms with Gasteiger partial charge < -0.3 is 15.8 Å². The van der Waals surface area contributed by atoms with E-state index in [1.165, 1.54) is 0 Å². The molecule has 8 heteroatoms. The van der Waals surface area contributed by atoms with Gasteiger partial charge in [-0.2, -0.15) is 5.10 Å². The number of aromatic amines is 1. The van der Waals surface area contributed by atoms with Crippen molar-refractivity contribution < 1.29 is 4.74 Å². The number of aromatic nitrogens is 4. The first-order valence-corrected chi connectivity index (χ1v) is 10.2. The Bertz CT molecular complexity index is 1160. The van der Waals surface area contributed by atoms with Gasteiger partial charge in [-0.05, 0) is 56.3 Å². The van der Waals surface area contributed by atoms with Gasteiger partial charge >= 0.3 is 0 Å². The second-order valence-electron chi connectivity index (χ2n) is 7.65. The van der Waals surface area contributed by atoms with Gasteiger partial charge in [0.25, 0.3) is 0 Å². The third-order valence-electron chi connectivity index (χ3n) is 4.70. The lowest BCUT2D eigenvalue weighted by Crippen LogP contribution is -2.37. The van der Waals surface area contributed by atoms with Gasteiger partial charge in [-0.1, -0.05) is 23.7 Å². The fraction of sp³-hybridized carbons (Fsp3) is 0.174. The van der Waals surface area contributed by atoms with Crippen molar-refractivity contribution in [2.45, 2.75) is 19.4 Å². The highest BCUT2D eigenvalue weighted by molar-refractivity contribution is 6.30. The van der Waals surface area contributed by atoms with Gasteiger partial charge in [0.05, 0.1) is 17.6 Å². The number of nitrogens with two attached hydrogens (primary N) is 1. The molecule has 2 aromatic heterocycles. The predicted molar refractivity (Wildman–Crippen MR) is 124 cm³/mol. The smallest absolute Gasteiger partial charge is 0.227 e. The Hall–Kier alpha value is -3.42. The molecule has 2 aromatic carbocycles. The second kappa shape index (κ2) is 8.75. The number of rotatable bonds is 7. The van der Waals surface area contributed by atoms with Crippen molar-refractivity contribution >= 4 is 23.2 Å². The van der Waals surface area contributed by atoms with E-state index >= 15 is 0 Å². The summed E-state index contributed by atoms with van der Waals surface area (Å²) in [5, 5.41) is 11.1. The number of nitrogens with zero attached hydrogens (tertiary/aromatic N) is 3. The number of ether oxygens (including phenoxy) is 1. The topological polar surface area (TPSA) is 102 Å². The Labute approximate surface area is 185 Å². The van der Waals surface area contributed by atoms with Gasteiger partial charge in [-0.3, -0.25) is 5.10 Å². The fourth-order valence-corrected chi connectivity index (χ4v) is 3.11. The molecule has 0 aliphatic heterocycles. The molecule has 0 radical (unpaired) electrons. The molecule has 7 nitrogen and oxygen atoms in total. The zero-order valence-electron chi connectivity index (χ0n) is 17.3. The Morgan fingerprint density at radius 2 is 1.81 bits per heavy atom. The Morgan fingerprint density at radius 3 is 2.52 bits per heavy atom. The number of nitrogens with one attached hydrogen (secondary N) is 2. The number of hydrogen-bond donors (Lipinski definition) is 3. The van der Waals surface area contributed by atoms with Gasteiger partial charge in [0.2, 0.25) is 5.95 Å². The molecule has 0 fully saturated rings. The lowest BCUT2D eigenvalue weighted by atomic mass is 10.1. The first-order valence-electron chi connectivity index (χ1n) is 9.82. The van der Waals surface area contributed by atoms with Crippen LogP contribution in [0.15, 0.2) is 67.0 Å². The molecule has 0 unspecified atom stereocenters. The molecule has 0 aliphatic rings. The number of H-pyrrole nitrogens is 1. The molecule has 0 spiro atoms. The average Bonchev–Trinajstić information content (AvgIpc) is 3.26. The van der Waals surface area contributed by atoms with Crippen LogP contribution in [0.1, 0.15) is 13.8 Å². The summed E-state index contributed by atoms with van der Waals surface area (Å²) in [6.07, 6.45) is 3.46. The summed E-state index contributed by atoms with van der Waals surface area (Å²) < 4.78 is 5.88. The van der Waals surface area contributed by atoms with Gasteiger partial charge in [0.1, 0.15) is 11.4 Å². The number of benzene rings is 2. The molecule has 0 atom stereocenters. The molecule has 4 aromatic rings. The van der Waals surface area contributed by atoms with E-state index in [-0.39, 0.29) is 0 Å². The van der Waals surface area contributed by atoms with E-state index < -0.39 is 5.60 Å². The van der Waals surface area contributed by atoms with Crippen molar-refractivity contribution in [1.29, 1.82) is 0 Å². The number of halogens is 1. The molecule has 158 valence electrons. The molecule has 31 heavy (non-hydrogen) atoms. The first kappa shape index (κ1) is 20.8. The minimum absolute atomic E-state index is 0.418. The summed E-state index contributed by atoms with van der Waals surface area (Å²) in [4.78, 5) is 8.99. The predicted octanol–water partition coefficient (Wildman–Crippen LogP) is 5.05. The van der Waals surface area contributed by atoms with Crippen LogP contribution in [0.25, 0.3) is 22.5 Å². The van der Waals surface area contributed by atoms with E-state index in [1.807, 2.05) is 68.4 Å². The summed E-state index contributed by atoms with van der Waals surface area (Å²) in [6, 6.07) is 17.0. The maximum atomic E-state index is 6.01. The lowest BCUT2D eigenvalue weighted by Gasteiger charge is -2.24. The van der Waals surface area contributed by atoms with Crippen molar-refractivity contribution in [3.8, 4) is 28.3 Å². The van der Waals surface area contributed by atoms with E-state index in [9.17, 15) is 0 Å². The van der Waals surface area contributed by atoms with Crippen molar-refractivity contribution in [2.75, 3.05) is 11.9 Å². The van der Waals surface area contributed by atoms with Gasteiger partial charge in [0, 0.05) is 34.6 Å². The molecule has 0 bridgehead atoms. The van der Waals surface area contributed by atoms with Gasteiger partial charge in [-0.25, -0.2) is 9.97 Å². The minimum atomic E-state index is -0.418. The normalized spacial score (nSPS) is 11.4. The van der Waals surface area contributed by atoms with Crippen LogP contribution in [0.5, 0.6) is 5.75 Å². The largest absolute Gasteiger partial charge is 0.487 e. The monoisotopic (exact) mass is 434 g/mol. The highest BCUT2D eigenvalue weighted by Crippen LogP contribution is 2.30. The molecular weight excluding hydrogens is 412 g/mol. The van der Waals surface area contributed by atoms with Crippen LogP contribution in [0, 0.1) is 0 Å². The maximum Gasteiger partial charge on any atom is 0.227 e. The standard InChI is InChI=1S/C23H23ClN6O/c1-23(2,14-25)31-18-9-7-17(8-10-18)28-22-26-12-11-20(29-22)19-13-27-30-21(19)15-3-5-16(24)6-4-15/h3-13H,14,25H2,1-2H3,(H,27,30)(H,26,28,29). The Balaban J connectivity index is 1.54. The molecule has 0 saturated carbocycles. The van der Waals surface area contributed by atoms with E-state index in [1.54, 1.807) is 12.4 Å². The van der Waals surface area contributed by atoms with Crippen LogP contribution < -0.4 is 15.8 Å². The minimum Gasteiger partial charge on any atom is -0.487 e. The van der Waals surface area contributed by atoms with Crippen LogP contribution in [-0.4, -0.2) is 32.3 Å². The summed E-state index contributed by atoms with van der Waals surface area (Å²) in [5.41, 5.74) is 9.62. The van der Waals surface area contributed by atoms with Crippen molar-refractivity contribution in [2.24, 2.45) is 5.73 Å². The highest BCUT2D eigenvalue weighted by Gasteiger charge is 2.17. The van der Waals surface area contributed by atoms with E-state index in [4.69, 9.17) is 22.1 Å². The van der Waals surface area contributed by atoms with Crippen molar-refractivity contribution in [3.05, 3.63) is 72.0 Å². The van der Waals surface area contributed by atoms with E-state index in [0.717, 1.165) is 34.0 Å². The highest BCUT2D eigenvalue weighted by atomic mass is 35.5. The van der Waals surface area contributed by atoms with Crippen LogP contribution >= 0.6 is 11.6 Å². The zero-order chi connectivity index (χ0) is 21.8. The molecule has 2 heterocycles. The molecule has 4 N–H and O–H groups in total. The van der Waals surface area contributed by atoms with Crippen LogP contribution in [0.2, 0.25) is 5.02 Å². The second-order valence-corrected chi connectivity index (χ2v) is 8.08. The summed E-state index contributed by atoms with van der Waals surface area (Å²) in [7, 11) is 0. The van der Waals surface area contributed by atoms with Gasteiger partial charge in [-0.15, -0.1) is 0 Å². The molecular formula is C23H23ClN6O. The average molecular weight is 435 g/mol. The maximum absolute atomic E-state index is 6.01. The SMILES string of the molecule is CC(C)(CN)Oc1ccc(Nc2nccc(-c3cn[nH]c3-c3ccc(Cl)cc3)n2)cc1.